The van der Waals surface area contributed by atoms with Gasteiger partial charge in [-0.2, -0.15) is 0 Å². The number of nitrogens with zero attached hydrogens (tertiary/aromatic N) is 1. The Labute approximate surface area is 183 Å². The number of halogens is 1. The molecule has 0 bridgehead atoms. The first kappa shape index (κ1) is 21.5. The van der Waals surface area contributed by atoms with Crippen LogP contribution in [0.15, 0.2) is 30.3 Å². The van der Waals surface area contributed by atoms with Crippen molar-refractivity contribution >= 4 is 29.5 Å². The number of ether oxygens (including phenoxy) is 1. The Morgan fingerprint density at radius 3 is 2.72 bits per heavy atom. The highest BCUT2D eigenvalue weighted by molar-refractivity contribution is 6.05. The smallest absolute Gasteiger partial charge is 0.411 e. The second kappa shape index (κ2) is 8.41. The first-order chi connectivity index (χ1) is 15.2. The van der Waals surface area contributed by atoms with Gasteiger partial charge in [0.25, 0.3) is 5.91 Å². The molecular formula is C23H22FN3O5. The van der Waals surface area contributed by atoms with Crippen LogP contribution in [0.2, 0.25) is 0 Å². The van der Waals surface area contributed by atoms with E-state index in [9.17, 15) is 23.6 Å². The Hall–Kier alpha value is -3.75. The van der Waals surface area contributed by atoms with Gasteiger partial charge < -0.3 is 9.64 Å². The number of hydrogen-bond donors (Lipinski definition) is 2. The van der Waals surface area contributed by atoms with Crippen molar-refractivity contribution in [2.24, 2.45) is 0 Å². The van der Waals surface area contributed by atoms with Gasteiger partial charge in [-0.1, -0.05) is 12.1 Å². The fourth-order valence-corrected chi connectivity index (χ4v) is 3.88. The maximum Gasteiger partial charge on any atom is 0.411 e. The summed E-state index contributed by atoms with van der Waals surface area (Å²) < 4.78 is 19.1. The minimum absolute atomic E-state index is 0.0852. The van der Waals surface area contributed by atoms with Crippen molar-refractivity contribution in [3.05, 3.63) is 64.0 Å². The van der Waals surface area contributed by atoms with Crippen molar-refractivity contribution in [3.63, 3.8) is 0 Å². The monoisotopic (exact) mass is 439 g/mol. The molecule has 0 spiro atoms. The van der Waals surface area contributed by atoms with Gasteiger partial charge in [-0.05, 0) is 60.7 Å². The van der Waals surface area contributed by atoms with E-state index >= 15 is 0 Å². The highest BCUT2D eigenvalue weighted by atomic mass is 19.1. The zero-order valence-electron chi connectivity index (χ0n) is 17.7. The number of imide groups is 1. The molecule has 2 aliphatic rings. The Kier molecular flexibility index (Phi) is 5.65. The summed E-state index contributed by atoms with van der Waals surface area (Å²) in [5.74, 6) is -1.52. The second-order valence-corrected chi connectivity index (χ2v) is 7.99. The normalized spacial score (nSPS) is 17.8. The topological polar surface area (TPSA) is 105 Å². The summed E-state index contributed by atoms with van der Waals surface area (Å²) in [4.78, 5) is 49.9. The number of amides is 4. The van der Waals surface area contributed by atoms with Gasteiger partial charge in [0.05, 0.1) is 0 Å². The minimum Gasteiger partial charge on any atom is -0.444 e. The molecule has 0 aromatic heterocycles. The summed E-state index contributed by atoms with van der Waals surface area (Å²) in [7, 11) is 0. The van der Waals surface area contributed by atoms with E-state index in [0.717, 1.165) is 5.56 Å². The largest absolute Gasteiger partial charge is 0.444 e. The molecule has 8 nitrogen and oxygen atoms in total. The third-order valence-electron chi connectivity index (χ3n) is 5.81. The number of piperidine rings is 1. The van der Waals surface area contributed by atoms with Gasteiger partial charge in [-0.3, -0.25) is 25.0 Å². The number of anilines is 1. The average Bonchev–Trinajstić information content (AvgIpc) is 3.06. The van der Waals surface area contributed by atoms with Crippen LogP contribution < -0.4 is 10.6 Å². The van der Waals surface area contributed by atoms with Crippen molar-refractivity contribution in [2.45, 2.75) is 45.9 Å². The molecule has 32 heavy (non-hydrogen) atoms. The van der Waals surface area contributed by atoms with Gasteiger partial charge in [0.1, 0.15) is 18.5 Å². The lowest BCUT2D eigenvalue weighted by molar-refractivity contribution is -0.136. The van der Waals surface area contributed by atoms with E-state index in [1.165, 1.54) is 11.0 Å². The number of aryl methyl sites for hydroxylation is 1. The minimum atomic E-state index is -0.746. The quantitative estimate of drug-likeness (QED) is 0.713. The van der Waals surface area contributed by atoms with E-state index in [4.69, 9.17) is 4.74 Å². The van der Waals surface area contributed by atoms with E-state index in [1.54, 1.807) is 38.1 Å². The maximum atomic E-state index is 13.8. The van der Waals surface area contributed by atoms with Crippen LogP contribution >= 0.6 is 0 Å². The molecule has 4 amide bonds. The van der Waals surface area contributed by atoms with Crippen LogP contribution in [0.5, 0.6) is 0 Å². The van der Waals surface area contributed by atoms with Crippen LogP contribution in [0, 0.1) is 19.7 Å². The predicted molar refractivity (Wildman–Crippen MR) is 112 cm³/mol. The van der Waals surface area contributed by atoms with Crippen LogP contribution in [0.3, 0.4) is 0 Å². The Morgan fingerprint density at radius 2 is 2.00 bits per heavy atom. The molecule has 2 aliphatic heterocycles. The molecule has 2 aromatic carbocycles. The van der Waals surface area contributed by atoms with E-state index in [-0.39, 0.29) is 31.4 Å². The number of rotatable bonds is 4. The summed E-state index contributed by atoms with van der Waals surface area (Å²) in [5.41, 5.74) is 3.31. The summed E-state index contributed by atoms with van der Waals surface area (Å²) in [5, 5.41) is 4.76. The Balaban J connectivity index is 1.39. The number of benzene rings is 2. The molecule has 2 heterocycles. The molecule has 1 atom stereocenters. The van der Waals surface area contributed by atoms with Crippen LogP contribution in [0.1, 0.15) is 45.5 Å². The van der Waals surface area contributed by atoms with Gasteiger partial charge in [-0.15, -0.1) is 0 Å². The highest BCUT2D eigenvalue weighted by Gasteiger charge is 2.39. The molecular weight excluding hydrogens is 417 g/mol. The van der Waals surface area contributed by atoms with E-state index in [0.29, 0.717) is 34.4 Å². The van der Waals surface area contributed by atoms with Crippen LogP contribution in [-0.2, 0) is 27.5 Å². The lowest BCUT2D eigenvalue weighted by Crippen LogP contribution is -2.52. The summed E-state index contributed by atoms with van der Waals surface area (Å²) in [6.45, 7) is 3.59. The third-order valence-corrected chi connectivity index (χ3v) is 5.81. The van der Waals surface area contributed by atoms with Crippen LogP contribution in [0.4, 0.5) is 14.9 Å². The van der Waals surface area contributed by atoms with Gasteiger partial charge >= 0.3 is 6.09 Å². The molecule has 1 fully saturated rings. The van der Waals surface area contributed by atoms with Crippen molar-refractivity contribution in [3.8, 4) is 0 Å². The molecule has 4 rings (SSSR count). The van der Waals surface area contributed by atoms with Gasteiger partial charge in [-0.25, -0.2) is 9.18 Å². The molecule has 0 aliphatic carbocycles. The van der Waals surface area contributed by atoms with Gasteiger partial charge in [0, 0.05) is 24.2 Å². The zero-order valence-corrected chi connectivity index (χ0v) is 17.7. The Bertz CT molecular complexity index is 1120. The van der Waals surface area contributed by atoms with Crippen molar-refractivity contribution in [1.29, 1.82) is 0 Å². The number of carbonyl (C=O) groups excluding carboxylic acids is 4. The Morgan fingerprint density at radius 1 is 1.22 bits per heavy atom. The SMILES string of the molecule is Cc1cc(NC(=O)OCc2ccc3c(c2)C(=O)N(C2CCC(=O)NC2=O)C3)cc(F)c1C. The van der Waals surface area contributed by atoms with Gasteiger partial charge in [0.15, 0.2) is 0 Å². The van der Waals surface area contributed by atoms with Crippen LogP contribution in [-0.4, -0.2) is 34.8 Å². The molecule has 0 saturated carbocycles. The fraction of sp³-hybridized carbons (Fsp3) is 0.304. The first-order valence-corrected chi connectivity index (χ1v) is 10.2. The van der Waals surface area contributed by atoms with Crippen molar-refractivity contribution < 1.29 is 28.3 Å². The zero-order chi connectivity index (χ0) is 23.0. The third kappa shape index (κ3) is 4.18. The molecule has 166 valence electrons. The second-order valence-electron chi connectivity index (χ2n) is 7.99. The van der Waals surface area contributed by atoms with Crippen molar-refractivity contribution in [2.75, 3.05) is 5.32 Å². The molecule has 9 heteroatoms. The van der Waals surface area contributed by atoms with E-state index in [1.807, 2.05) is 0 Å². The average molecular weight is 439 g/mol. The summed E-state index contributed by atoms with van der Waals surface area (Å²) >= 11 is 0. The first-order valence-electron chi connectivity index (χ1n) is 10.2. The number of fused-ring (bicyclic) bond motifs is 1. The predicted octanol–water partition coefficient (Wildman–Crippen LogP) is 2.95. The van der Waals surface area contributed by atoms with Crippen LogP contribution in [0.25, 0.3) is 0 Å². The molecule has 2 aromatic rings. The lowest BCUT2D eigenvalue weighted by Gasteiger charge is -2.29. The van der Waals surface area contributed by atoms with Crippen molar-refractivity contribution in [1.82, 2.24) is 10.2 Å². The standard InChI is InChI=1S/C23H22FN3O5/c1-12-7-16(9-18(24)13(12)2)25-23(31)32-11-14-3-4-15-10-27(22(30)17(15)8-14)19-5-6-20(28)26-21(19)29/h3-4,7-9,19H,5-6,10-11H2,1-2H3,(H,25,31)(H,26,28,29). The summed E-state index contributed by atoms with van der Waals surface area (Å²) in [6.07, 6.45) is -0.265. The fourth-order valence-electron chi connectivity index (χ4n) is 3.88. The highest BCUT2D eigenvalue weighted by Crippen LogP contribution is 2.28. The molecule has 2 N–H and O–H groups in total. The number of carbonyl (C=O) groups is 4. The molecule has 1 unspecified atom stereocenters. The number of nitrogens with one attached hydrogen (secondary N) is 2. The van der Waals surface area contributed by atoms with E-state index < -0.39 is 23.9 Å². The maximum absolute atomic E-state index is 13.8. The van der Waals surface area contributed by atoms with E-state index in [2.05, 4.69) is 10.6 Å². The molecule has 0 radical (unpaired) electrons. The lowest BCUT2D eigenvalue weighted by atomic mass is 10.0. The van der Waals surface area contributed by atoms with Gasteiger partial charge in [0.2, 0.25) is 11.8 Å². The molecule has 1 saturated heterocycles. The number of hydrogen-bond acceptors (Lipinski definition) is 5. The summed E-state index contributed by atoms with van der Waals surface area (Å²) in [6, 6.07) is 7.32.